The first-order valence-electron chi connectivity index (χ1n) is 6.52. The molecule has 4 heteroatoms. The Bertz CT molecular complexity index is 393. The summed E-state index contributed by atoms with van der Waals surface area (Å²) in [6.07, 6.45) is 2.20. The highest BCUT2D eigenvalue weighted by Gasteiger charge is 2.17. The smallest absolute Gasteiger partial charge is 0.119 e. The quantitative estimate of drug-likeness (QED) is 0.911. The molecule has 2 rings (SSSR count). The molecule has 0 aliphatic carbocycles. The summed E-state index contributed by atoms with van der Waals surface area (Å²) in [5.41, 5.74) is 1.11. The van der Waals surface area contributed by atoms with E-state index in [4.69, 9.17) is 4.74 Å². The molecule has 18 heavy (non-hydrogen) atoms. The van der Waals surface area contributed by atoms with Gasteiger partial charge in [0.1, 0.15) is 5.75 Å². The van der Waals surface area contributed by atoms with E-state index in [1.165, 1.54) is 0 Å². The van der Waals surface area contributed by atoms with Crippen LogP contribution in [-0.2, 0) is 10.8 Å². The van der Waals surface area contributed by atoms with Gasteiger partial charge in [0, 0.05) is 34.0 Å². The monoisotopic (exact) mass is 267 g/mol. The van der Waals surface area contributed by atoms with Crippen LogP contribution in [0.15, 0.2) is 24.3 Å². The van der Waals surface area contributed by atoms with Crippen LogP contribution >= 0.6 is 0 Å². The number of hydrogen-bond donors (Lipinski definition) is 1. The molecule has 1 saturated heterocycles. The summed E-state index contributed by atoms with van der Waals surface area (Å²) in [6, 6.07) is 8.53. The van der Waals surface area contributed by atoms with Crippen molar-refractivity contribution in [2.24, 2.45) is 0 Å². The van der Waals surface area contributed by atoms with Crippen molar-refractivity contribution in [2.75, 3.05) is 16.8 Å². The molecule has 1 fully saturated rings. The fourth-order valence-electron chi connectivity index (χ4n) is 2.08. The van der Waals surface area contributed by atoms with Gasteiger partial charge in [-0.2, -0.15) is 0 Å². The van der Waals surface area contributed by atoms with Crippen molar-refractivity contribution in [1.82, 2.24) is 0 Å². The maximum absolute atomic E-state index is 11.3. The third kappa shape index (κ3) is 4.02. The minimum atomic E-state index is -0.589. The predicted octanol–water partition coefficient (Wildman–Crippen LogP) is 2.80. The van der Waals surface area contributed by atoms with Crippen LogP contribution in [-0.4, -0.2) is 27.9 Å². The number of hydrogen-bond acceptors (Lipinski definition) is 3. The predicted molar refractivity (Wildman–Crippen MR) is 76.7 cm³/mol. The summed E-state index contributed by atoms with van der Waals surface area (Å²) in [5, 5.41) is 3.49. The molecule has 100 valence electrons. The van der Waals surface area contributed by atoms with E-state index in [0.29, 0.717) is 6.04 Å². The van der Waals surface area contributed by atoms with E-state index in [0.717, 1.165) is 35.8 Å². The van der Waals surface area contributed by atoms with Crippen LogP contribution in [0.3, 0.4) is 0 Å². The number of ether oxygens (including phenoxy) is 1. The SMILES string of the molecule is CC(C)Oc1ccc(NC2CCS(=O)CC2)cc1. The Balaban J connectivity index is 1.88. The van der Waals surface area contributed by atoms with Crippen molar-refractivity contribution >= 4 is 16.5 Å². The number of anilines is 1. The van der Waals surface area contributed by atoms with Crippen molar-refractivity contribution in [1.29, 1.82) is 0 Å². The minimum absolute atomic E-state index is 0.206. The summed E-state index contributed by atoms with van der Waals surface area (Å²) in [5.74, 6) is 2.55. The zero-order valence-corrected chi connectivity index (χ0v) is 11.8. The second kappa shape index (κ2) is 6.23. The van der Waals surface area contributed by atoms with Crippen molar-refractivity contribution < 1.29 is 8.95 Å². The topological polar surface area (TPSA) is 38.3 Å². The van der Waals surface area contributed by atoms with Crippen LogP contribution < -0.4 is 10.1 Å². The summed E-state index contributed by atoms with van der Waals surface area (Å²) >= 11 is 0. The van der Waals surface area contributed by atoms with Crippen LogP contribution in [0.5, 0.6) is 5.75 Å². The van der Waals surface area contributed by atoms with Crippen LogP contribution in [0.4, 0.5) is 5.69 Å². The molecular weight excluding hydrogens is 246 g/mol. The maximum Gasteiger partial charge on any atom is 0.119 e. The van der Waals surface area contributed by atoms with Gasteiger partial charge in [0.15, 0.2) is 0 Å². The van der Waals surface area contributed by atoms with E-state index < -0.39 is 10.8 Å². The normalized spacial score (nSPS) is 23.9. The van der Waals surface area contributed by atoms with Crippen molar-refractivity contribution in [3.63, 3.8) is 0 Å². The summed E-state index contributed by atoms with van der Waals surface area (Å²) in [6.45, 7) is 4.04. The van der Waals surface area contributed by atoms with Gasteiger partial charge in [-0.15, -0.1) is 0 Å². The minimum Gasteiger partial charge on any atom is -0.491 e. The first-order valence-corrected chi connectivity index (χ1v) is 8.00. The Kier molecular flexibility index (Phi) is 4.64. The van der Waals surface area contributed by atoms with Gasteiger partial charge in [-0.25, -0.2) is 0 Å². The first-order chi connectivity index (χ1) is 8.63. The lowest BCUT2D eigenvalue weighted by atomic mass is 10.1. The molecule has 1 N–H and O–H groups in total. The number of benzene rings is 1. The van der Waals surface area contributed by atoms with E-state index in [1.54, 1.807) is 0 Å². The maximum atomic E-state index is 11.3. The van der Waals surface area contributed by atoms with E-state index in [9.17, 15) is 4.21 Å². The molecule has 0 bridgehead atoms. The third-order valence-electron chi connectivity index (χ3n) is 2.98. The Morgan fingerprint density at radius 2 is 1.83 bits per heavy atom. The fourth-order valence-corrected chi connectivity index (χ4v) is 3.37. The van der Waals surface area contributed by atoms with E-state index in [1.807, 2.05) is 38.1 Å². The standard InChI is InChI=1S/C14H21NO2S/c1-11(2)17-14-5-3-12(4-6-14)15-13-7-9-18(16)10-8-13/h3-6,11,13,15H,7-10H2,1-2H3. The lowest BCUT2D eigenvalue weighted by molar-refractivity contribution is 0.242. The largest absolute Gasteiger partial charge is 0.491 e. The molecule has 1 aliphatic heterocycles. The average Bonchev–Trinajstić information content (AvgIpc) is 2.34. The van der Waals surface area contributed by atoms with E-state index in [-0.39, 0.29) is 6.10 Å². The van der Waals surface area contributed by atoms with Crippen molar-refractivity contribution in [3.8, 4) is 5.75 Å². The molecular formula is C14H21NO2S. The third-order valence-corrected chi connectivity index (χ3v) is 4.37. The molecule has 3 nitrogen and oxygen atoms in total. The Hall–Kier alpha value is -1.03. The van der Waals surface area contributed by atoms with E-state index in [2.05, 4.69) is 5.32 Å². The van der Waals surface area contributed by atoms with Crippen LogP contribution in [0.2, 0.25) is 0 Å². The second-order valence-electron chi connectivity index (χ2n) is 4.96. The van der Waals surface area contributed by atoms with Crippen molar-refractivity contribution in [2.45, 2.75) is 38.8 Å². The van der Waals surface area contributed by atoms with Gasteiger partial charge in [-0.05, 0) is 51.0 Å². The molecule has 1 aliphatic rings. The van der Waals surface area contributed by atoms with Gasteiger partial charge in [0.2, 0.25) is 0 Å². The molecule has 0 spiro atoms. The van der Waals surface area contributed by atoms with Gasteiger partial charge < -0.3 is 10.1 Å². The van der Waals surface area contributed by atoms with Gasteiger partial charge in [0.05, 0.1) is 6.10 Å². The van der Waals surface area contributed by atoms with Gasteiger partial charge in [-0.1, -0.05) is 0 Å². The average molecular weight is 267 g/mol. The zero-order valence-electron chi connectivity index (χ0n) is 11.0. The number of nitrogens with one attached hydrogen (secondary N) is 1. The van der Waals surface area contributed by atoms with Gasteiger partial charge in [0.25, 0.3) is 0 Å². The lowest BCUT2D eigenvalue weighted by Crippen LogP contribution is -2.29. The molecule has 0 unspecified atom stereocenters. The lowest BCUT2D eigenvalue weighted by Gasteiger charge is -2.23. The van der Waals surface area contributed by atoms with Crippen LogP contribution in [0.25, 0.3) is 0 Å². The van der Waals surface area contributed by atoms with Crippen LogP contribution in [0, 0.1) is 0 Å². The van der Waals surface area contributed by atoms with Gasteiger partial charge in [-0.3, -0.25) is 4.21 Å². The molecule has 1 aromatic carbocycles. The molecule has 0 aromatic heterocycles. The summed E-state index contributed by atoms with van der Waals surface area (Å²) in [4.78, 5) is 0. The molecule has 0 radical (unpaired) electrons. The van der Waals surface area contributed by atoms with Gasteiger partial charge >= 0.3 is 0 Å². The Labute approximate surface area is 111 Å². The molecule has 0 amide bonds. The summed E-state index contributed by atoms with van der Waals surface area (Å²) in [7, 11) is -0.589. The fraction of sp³-hybridized carbons (Fsp3) is 0.571. The van der Waals surface area contributed by atoms with E-state index >= 15 is 0 Å². The highest BCUT2D eigenvalue weighted by atomic mass is 32.2. The highest BCUT2D eigenvalue weighted by molar-refractivity contribution is 7.85. The Morgan fingerprint density at radius 3 is 2.39 bits per heavy atom. The molecule has 0 saturated carbocycles. The second-order valence-corrected chi connectivity index (χ2v) is 6.65. The highest BCUT2D eigenvalue weighted by Crippen LogP contribution is 2.20. The number of rotatable bonds is 4. The molecule has 0 atom stereocenters. The Morgan fingerprint density at radius 1 is 1.22 bits per heavy atom. The molecule has 1 aromatic rings. The van der Waals surface area contributed by atoms with Crippen LogP contribution in [0.1, 0.15) is 26.7 Å². The molecule has 1 heterocycles. The first kappa shape index (κ1) is 13.4. The summed E-state index contributed by atoms with van der Waals surface area (Å²) < 4.78 is 16.9. The van der Waals surface area contributed by atoms with Crippen molar-refractivity contribution in [3.05, 3.63) is 24.3 Å². The zero-order chi connectivity index (χ0) is 13.0.